The summed E-state index contributed by atoms with van der Waals surface area (Å²) in [5.74, 6) is 0.480. The number of nitro benzene ring substituents is 1. The molecule has 0 fully saturated rings. The zero-order valence-corrected chi connectivity index (χ0v) is 19.6. The van der Waals surface area contributed by atoms with Crippen molar-refractivity contribution in [2.24, 2.45) is 0 Å². The topological polar surface area (TPSA) is 135 Å². The Bertz CT molecular complexity index is 1140. The predicted octanol–water partition coefficient (Wildman–Crippen LogP) is 4.19. The summed E-state index contributed by atoms with van der Waals surface area (Å²) in [6, 6.07) is 11.1. The Kier molecular flexibility index (Phi) is 8.52. The maximum Gasteiger partial charge on any atom is 0.319 e. The van der Waals surface area contributed by atoms with Crippen molar-refractivity contribution in [3.05, 3.63) is 79.8 Å². The van der Waals surface area contributed by atoms with Crippen LogP contribution in [0.15, 0.2) is 47.8 Å². The molecule has 178 valence electrons. The molecule has 2 aromatic carbocycles. The summed E-state index contributed by atoms with van der Waals surface area (Å²) in [7, 11) is 0. The fourth-order valence-corrected chi connectivity index (χ4v) is 3.75. The highest BCUT2D eigenvalue weighted by Crippen LogP contribution is 2.19. The van der Waals surface area contributed by atoms with Crippen LogP contribution in [0.25, 0.3) is 0 Å². The molecular weight excluding hydrogens is 458 g/mol. The van der Waals surface area contributed by atoms with Crippen LogP contribution >= 0.6 is 11.3 Å². The quantitative estimate of drug-likeness (QED) is 0.225. The fraction of sp³-hybridized carbons (Fsp3) is 0.261. The number of hydrogen-bond acceptors (Lipinski definition) is 7. The van der Waals surface area contributed by atoms with Crippen molar-refractivity contribution in [1.82, 2.24) is 15.6 Å². The number of carbonyl (C=O) groups excluding carboxylic acids is 2. The molecule has 0 radical (unpaired) electrons. The number of nitrogens with one attached hydrogen (secondary N) is 3. The predicted molar refractivity (Wildman–Crippen MR) is 129 cm³/mol. The van der Waals surface area contributed by atoms with E-state index in [-0.39, 0.29) is 18.2 Å². The molecule has 0 spiro atoms. The molecule has 0 atom stereocenters. The van der Waals surface area contributed by atoms with Gasteiger partial charge in [-0.1, -0.05) is 6.07 Å². The van der Waals surface area contributed by atoms with Crippen molar-refractivity contribution in [2.75, 3.05) is 18.4 Å². The third-order valence-electron chi connectivity index (χ3n) is 4.60. The first-order chi connectivity index (χ1) is 16.3. The molecule has 34 heavy (non-hydrogen) atoms. The highest BCUT2D eigenvalue weighted by molar-refractivity contribution is 7.09. The number of rotatable bonds is 10. The molecule has 10 nitrogen and oxygen atoms in total. The SMILES string of the molecule is Cc1cc(C)cc(OCc2nc(C(=O)NCCCNC(=O)Nc3ccc([N+](=O)[O-])cc3)cs2)c1. The van der Waals surface area contributed by atoms with E-state index in [2.05, 4.69) is 27.0 Å². The summed E-state index contributed by atoms with van der Waals surface area (Å²) in [4.78, 5) is 38.6. The maximum atomic E-state index is 12.3. The van der Waals surface area contributed by atoms with Crippen LogP contribution in [0.2, 0.25) is 0 Å². The van der Waals surface area contributed by atoms with Crippen molar-refractivity contribution in [3.8, 4) is 5.75 Å². The number of hydrogen-bond donors (Lipinski definition) is 3. The maximum absolute atomic E-state index is 12.3. The lowest BCUT2D eigenvalue weighted by atomic mass is 10.1. The Morgan fingerprint density at radius 1 is 1.06 bits per heavy atom. The minimum absolute atomic E-state index is 0.0529. The minimum atomic E-state index is -0.509. The van der Waals surface area contributed by atoms with Crippen molar-refractivity contribution in [2.45, 2.75) is 26.9 Å². The van der Waals surface area contributed by atoms with E-state index in [1.165, 1.54) is 35.6 Å². The van der Waals surface area contributed by atoms with Gasteiger partial charge in [-0.05, 0) is 55.7 Å². The van der Waals surface area contributed by atoms with Crippen LogP contribution in [0.4, 0.5) is 16.2 Å². The summed E-state index contributed by atoms with van der Waals surface area (Å²) in [6.07, 6.45) is 0.520. The van der Waals surface area contributed by atoms with E-state index in [9.17, 15) is 19.7 Å². The van der Waals surface area contributed by atoms with Crippen LogP contribution in [0.1, 0.15) is 33.0 Å². The van der Waals surface area contributed by atoms with E-state index in [0.717, 1.165) is 16.9 Å². The molecular formula is C23H25N5O5S. The molecule has 3 rings (SSSR count). The summed E-state index contributed by atoms with van der Waals surface area (Å²) in [5.41, 5.74) is 2.95. The second-order valence-electron chi connectivity index (χ2n) is 7.53. The van der Waals surface area contributed by atoms with Gasteiger partial charge >= 0.3 is 6.03 Å². The highest BCUT2D eigenvalue weighted by atomic mass is 32.1. The van der Waals surface area contributed by atoms with Gasteiger partial charge in [-0.15, -0.1) is 11.3 Å². The number of aromatic nitrogens is 1. The Morgan fingerprint density at radius 2 is 1.74 bits per heavy atom. The molecule has 3 aromatic rings. The zero-order chi connectivity index (χ0) is 24.5. The van der Waals surface area contributed by atoms with Gasteiger partial charge in [-0.2, -0.15) is 0 Å². The molecule has 1 heterocycles. The Balaban J connectivity index is 1.34. The van der Waals surface area contributed by atoms with E-state index in [0.29, 0.717) is 35.9 Å². The summed E-state index contributed by atoms with van der Waals surface area (Å²) in [6.45, 7) is 5.00. The third-order valence-corrected chi connectivity index (χ3v) is 5.42. The second-order valence-corrected chi connectivity index (χ2v) is 8.48. The number of amides is 3. The van der Waals surface area contributed by atoms with Crippen molar-refractivity contribution < 1.29 is 19.2 Å². The standard InChI is InChI=1S/C23H25N5O5S/c1-15-10-16(2)12-19(11-15)33-13-21-27-20(14-34-21)22(29)24-8-3-9-25-23(30)26-17-4-6-18(7-5-17)28(31)32/h4-7,10-12,14H,3,8-9,13H2,1-2H3,(H,24,29)(H2,25,26,30). The van der Waals surface area contributed by atoms with Crippen molar-refractivity contribution >= 4 is 34.6 Å². The molecule has 0 aliphatic rings. The van der Waals surface area contributed by atoms with Crippen LogP contribution < -0.4 is 20.7 Å². The fourth-order valence-electron chi connectivity index (χ4n) is 3.07. The van der Waals surface area contributed by atoms with Gasteiger partial charge in [0.25, 0.3) is 11.6 Å². The van der Waals surface area contributed by atoms with E-state index >= 15 is 0 Å². The average molecular weight is 484 g/mol. The number of benzene rings is 2. The monoisotopic (exact) mass is 483 g/mol. The summed E-state index contributed by atoms with van der Waals surface area (Å²) < 4.78 is 5.78. The average Bonchev–Trinajstić information content (AvgIpc) is 3.26. The van der Waals surface area contributed by atoms with Gasteiger partial charge in [0.15, 0.2) is 0 Å². The van der Waals surface area contributed by atoms with E-state index in [1.54, 1.807) is 5.38 Å². The normalized spacial score (nSPS) is 10.4. The molecule has 0 aliphatic heterocycles. The lowest BCUT2D eigenvalue weighted by Gasteiger charge is -2.08. The van der Waals surface area contributed by atoms with Crippen LogP contribution in [0, 0.1) is 24.0 Å². The van der Waals surface area contributed by atoms with Gasteiger partial charge in [0.05, 0.1) is 4.92 Å². The number of urea groups is 1. The largest absolute Gasteiger partial charge is 0.486 e. The smallest absolute Gasteiger partial charge is 0.319 e. The second kappa shape index (κ2) is 11.8. The number of thiazole rings is 1. The molecule has 0 bridgehead atoms. The van der Waals surface area contributed by atoms with Crippen LogP contribution in [-0.4, -0.2) is 34.9 Å². The number of aryl methyl sites for hydroxylation is 2. The van der Waals surface area contributed by atoms with Crippen LogP contribution in [0.3, 0.4) is 0 Å². The number of anilines is 1. The summed E-state index contributed by atoms with van der Waals surface area (Å²) in [5, 5.41) is 21.1. The summed E-state index contributed by atoms with van der Waals surface area (Å²) >= 11 is 1.36. The van der Waals surface area contributed by atoms with Crippen molar-refractivity contribution in [1.29, 1.82) is 0 Å². The minimum Gasteiger partial charge on any atom is -0.486 e. The molecule has 11 heteroatoms. The first-order valence-electron chi connectivity index (χ1n) is 10.5. The van der Waals surface area contributed by atoms with Gasteiger partial charge in [0.2, 0.25) is 0 Å². The zero-order valence-electron chi connectivity index (χ0n) is 18.8. The van der Waals surface area contributed by atoms with E-state index in [1.807, 2.05) is 26.0 Å². The lowest BCUT2D eigenvalue weighted by Crippen LogP contribution is -2.32. The molecule has 1 aromatic heterocycles. The lowest BCUT2D eigenvalue weighted by molar-refractivity contribution is -0.384. The Hall–Kier alpha value is -3.99. The number of non-ortho nitro benzene ring substituents is 1. The van der Waals surface area contributed by atoms with Crippen LogP contribution in [0.5, 0.6) is 5.75 Å². The number of ether oxygens (including phenoxy) is 1. The Labute approximate surface area is 200 Å². The van der Waals surface area contributed by atoms with Gasteiger partial charge in [0.1, 0.15) is 23.1 Å². The number of nitro groups is 1. The van der Waals surface area contributed by atoms with Crippen LogP contribution in [-0.2, 0) is 6.61 Å². The van der Waals surface area contributed by atoms with Gasteiger partial charge in [-0.25, -0.2) is 9.78 Å². The number of carbonyl (C=O) groups is 2. The first-order valence-corrected chi connectivity index (χ1v) is 11.4. The molecule has 3 amide bonds. The molecule has 0 unspecified atom stereocenters. The molecule has 3 N–H and O–H groups in total. The van der Waals surface area contributed by atoms with E-state index < -0.39 is 11.0 Å². The van der Waals surface area contributed by atoms with Crippen molar-refractivity contribution in [3.63, 3.8) is 0 Å². The first kappa shape index (κ1) is 24.6. The third kappa shape index (κ3) is 7.55. The highest BCUT2D eigenvalue weighted by Gasteiger charge is 2.11. The van der Waals surface area contributed by atoms with Gasteiger partial charge < -0.3 is 20.7 Å². The molecule has 0 aliphatic carbocycles. The Morgan fingerprint density at radius 3 is 2.41 bits per heavy atom. The number of nitrogens with zero attached hydrogens (tertiary/aromatic N) is 2. The van der Waals surface area contributed by atoms with Gasteiger partial charge in [-0.3, -0.25) is 14.9 Å². The molecule has 0 saturated carbocycles. The van der Waals surface area contributed by atoms with E-state index in [4.69, 9.17) is 4.74 Å². The van der Waals surface area contributed by atoms with Gasteiger partial charge in [0, 0.05) is 36.3 Å². The molecule has 0 saturated heterocycles.